The van der Waals surface area contributed by atoms with Gasteiger partial charge in [-0.25, -0.2) is 0 Å². The maximum absolute atomic E-state index is 12.4. The third-order valence-electron chi connectivity index (χ3n) is 5.41. The van der Waals surface area contributed by atoms with Crippen molar-refractivity contribution in [2.75, 3.05) is 0 Å². The van der Waals surface area contributed by atoms with Crippen molar-refractivity contribution < 1.29 is 4.79 Å². The molecule has 21 heavy (non-hydrogen) atoms. The molecule has 0 radical (unpaired) electrons. The Bertz CT molecular complexity index is 786. The molecule has 0 saturated carbocycles. The van der Waals surface area contributed by atoms with Crippen molar-refractivity contribution in [1.82, 2.24) is 15.4 Å². The molecular formula is C17H19N3O. The van der Waals surface area contributed by atoms with E-state index in [-0.39, 0.29) is 5.41 Å². The Labute approximate surface area is 123 Å². The van der Waals surface area contributed by atoms with E-state index in [0.29, 0.717) is 12.2 Å². The van der Waals surface area contributed by atoms with E-state index >= 15 is 0 Å². The molecule has 2 aliphatic rings. The number of carbonyl (C=O) groups is 1. The Hall–Kier alpha value is -1.97. The summed E-state index contributed by atoms with van der Waals surface area (Å²) in [5.74, 6) is 0.338. The number of rotatable bonds is 2. The first-order chi connectivity index (χ1) is 10.2. The molecule has 4 nitrogen and oxygen atoms in total. The van der Waals surface area contributed by atoms with Crippen LogP contribution in [0.15, 0.2) is 17.7 Å². The van der Waals surface area contributed by atoms with Crippen LogP contribution in [-0.4, -0.2) is 21.2 Å². The van der Waals surface area contributed by atoms with Crippen LogP contribution in [0.2, 0.25) is 0 Å². The summed E-state index contributed by atoms with van der Waals surface area (Å²) in [7, 11) is 0. The van der Waals surface area contributed by atoms with E-state index in [1.807, 2.05) is 6.07 Å². The molecule has 1 aromatic heterocycles. The molecule has 0 spiro atoms. The number of aromatic nitrogens is 3. The number of fused-ring (bicyclic) bond motifs is 5. The van der Waals surface area contributed by atoms with Crippen molar-refractivity contribution in [2.45, 2.75) is 46.0 Å². The molecule has 0 aliphatic heterocycles. The minimum Gasteiger partial charge on any atom is -0.295 e. The summed E-state index contributed by atoms with van der Waals surface area (Å²) in [6.07, 6.45) is 4.56. The molecule has 0 bridgehead atoms. The molecule has 1 aromatic carbocycles. The summed E-state index contributed by atoms with van der Waals surface area (Å²) < 4.78 is 0. The van der Waals surface area contributed by atoms with Gasteiger partial charge in [0.25, 0.3) is 0 Å². The molecule has 1 atom stereocenters. The minimum atomic E-state index is 0.134. The molecule has 0 unspecified atom stereocenters. The zero-order valence-corrected chi connectivity index (χ0v) is 12.5. The van der Waals surface area contributed by atoms with Crippen molar-refractivity contribution in [2.24, 2.45) is 5.41 Å². The first-order valence-corrected chi connectivity index (χ1v) is 7.79. The van der Waals surface area contributed by atoms with Crippen LogP contribution in [0.1, 0.15) is 50.7 Å². The van der Waals surface area contributed by atoms with Crippen LogP contribution in [0, 0.1) is 5.41 Å². The number of allylic oxidation sites excluding steroid dienone is 2. The van der Waals surface area contributed by atoms with Crippen LogP contribution < -0.4 is 0 Å². The Kier molecular flexibility index (Phi) is 2.59. The smallest absolute Gasteiger partial charge is 0.159 e. The fourth-order valence-electron chi connectivity index (χ4n) is 4.29. The summed E-state index contributed by atoms with van der Waals surface area (Å²) in [5, 5.41) is 11.3. The zero-order chi connectivity index (χ0) is 14.6. The predicted octanol–water partition coefficient (Wildman–Crippen LogP) is 3.44. The van der Waals surface area contributed by atoms with E-state index in [1.54, 1.807) is 0 Å². The van der Waals surface area contributed by atoms with Gasteiger partial charge in [0.05, 0.1) is 0 Å². The number of hydrogen-bond donors (Lipinski definition) is 1. The summed E-state index contributed by atoms with van der Waals surface area (Å²) in [4.78, 5) is 12.4. The van der Waals surface area contributed by atoms with Crippen LogP contribution in [0.5, 0.6) is 0 Å². The van der Waals surface area contributed by atoms with Gasteiger partial charge in [-0.15, -0.1) is 0 Å². The zero-order valence-electron chi connectivity index (χ0n) is 12.5. The molecular weight excluding hydrogens is 262 g/mol. The number of Topliss-reactive ketones (excluding diaryl/α,β-unsaturated/α-hetero) is 1. The average molecular weight is 281 g/mol. The molecule has 108 valence electrons. The lowest BCUT2D eigenvalue weighted by Crippen LogP contribution is -2.27. The number of benzene rings is 1. The average Bonchev–Trinajstić information content (AvgIpc) is 3.09. The predicted molar refractivity (Wildman–Crippen MR) is 81.8 cm³/mol. The van der Waals surface area contributed by atoms with Gasteiger partial charge in [0.2, 0.25) is 0 Å². The largest absolute Gasteiger partial charge is 0.295 e. The number of aromatic amines is 1. The van der Waals surface area contributed by atoms with Crippen molar-refractivity contribution in [3.63, 3.8) is 0 Å². The Morgan fingerprint density at radius 2 is 2.14 bits per heavy atom. The van der Waals surface area contributed by atoms with Crippen molar-refractivity contribution in [3.8, 4) is 0 Å². The summed E-state index contributed by atoms with van der Waals surface area (Å²) in [6, 6.07) is 4.16. The highest BCUT2D eigenvalue weighted by atomic mass is 16.1. The van der Waals surface area contributed by atoms with Crippen LogP contribution in [-0.2, 0) is 11.2 Å². The molecule has 0 saturated heterocycles. The van der Waals surface area contributed by atoms with E-state index in [0.717, 1.165) is 42.3 Å². The molecule has 4 rings (SSSR count). The van der Waals surface area contributed by atoms with Crippen molar-refractivity contribution in [3.05, 3.63) is 28.8 Å². The summed E-state index contributed by atoms with van der Waals surface area (Å²) >= 11 is 0. The third kappa shape index (κ3) is 1.53. The van der Waals surface area contributed by atoms with Crippen LogP contribution in [0.25, 0.3) is 16.6 Å². The van der Waals surface area contributed by atoms with Gasteiger partial charge in [-0.3, -0.25) is 4.79 Å². The topological polar surface area (TPSA) is 58.6 Å². The molecule has 0 amide bonds. The monoisotopic (exact) mass is 281 g/mol. The fraction of sp³-hybridized carbons (Fsp3) is 0.471. The third-order valence-corrected chi connectivity index (χ3v) is 5.41. The lowest BCUT2D eigenvalue weighted by molar-refractivity contribution is -0.116. The highest BCUT2D eigenvalue weighted by molar-refractivity contribution is 6.07. The second kappa shape index (κ2) is 4.26. The number of nitrogens with zero attached hydrogens (tertiary/aromatic N) is 2. The fourth-order valence-corrected chi connectivity index (χ4v) is 4.29. The Morgan fingerprint density at radius 1 is 1.29 bits per heavy atom. The van der Waals surface area contributed by atoms with E-state index in [9.17, 15) is 4.79 Å². The van der Waals surface area contributed by atoms with Gasteiger partial charge >= 0.3 is 0 Å². The van der Waals surface area contributed by atoms with Gasteiger partial charge in [0, 0.05) is 11.8 Å². The lowest BCUT2D eigenvalue weighted by atomic mass is 9.68. The van der Waals surface area contributed by atoms with Gasteiger partial charge in [0.1, 0.15) is 11.0 Å². The molecule has 4 heteroatoms. The molecule has 2 aliphatic carbocycles. The van der Waals surface area contributed by atoms with Gasteiger partial charge in [-0.1, -0.05) is 19.9 Å². The number of hydrogen-bond acceptors (Lipinski definition) is 3. The van der Waals surface area contributed by atoms with E-state index in [1.165, 1.54) is 16.7 Å². The number of H-pyrrole nitrogens is 1. The highest BCUT2D eigenvalue weighted by Gasteiger charge is 2.46. The molecule has 1 N–H and O–H groups in total. The number of carbonyl (C=O) groups excluding carboxylic acids is 1. The maximum atomic E-state index is 12.4. The first kappa shape index (κ1) is 12.7. The maximum Gasteiger partial charge on any atom is 0.159 e. The van der Waals surface area contributed by atoms with Crippen LogP contribution in [0.4, 0.5) is 0 Å². The van der Waals surface area contributed by atoms with Crippen LogP contribution >= 0.6 is 0 Å². The Balaban J connectivity index is 2.07. The SMILES string of the molecule is CCC1=C2c3ccc4n[nH]nc4c3C[C@@]2(CC)CCC1=O. The second-order valence-corrected chi connectivity index (χ2v) is 6.22. The van der Waals surface area contributed by atoms with Gasteiger partial charge in [0.15, 0.2) is 5.78 Å². The molecule has 1 heterocycles. The van der Waals surface area contributed by atoms with Gasteiger partial charge < -0.3 is 0 Å². The number of nitrogens with one attached hydrogen (secondary N) is 1. The lowest BCUT2D eigenvalue weighted by Gasteiger charge is -2.35. The van der Waals surface area contributed by atoms with Crippen molar-refractivity contribution >= 4 is 22.4 Å². The number of ketones is 1. The summed E-state index contributed by atoms with van der Waals surface area (Å²) in [6.45, 7) is 4.34. The highest BCUT2D eigenvalue weighted by Crippen LogP contribution is 2.56. The normalized spacial score (nSPS) is 24.6. The van der Waals surface area contributed by atoms with E-state index in [4.69, 9.17) is 0 Å². The standard InChI is InChI=1S/C17H19N3O/c1-3-10-14(21)7-8-17(4-2)9-12-11(15(10)17)5-6-13-16(12)19-20-18-13/h5-6H,3-4,7-9H2,1-2H3,(H,18,19,20)/t17-/m1/s1. The molecule has 2 aromatic rings. The minimum absolute atomic E-state index is 0.134. The Morgan fingerprint density at radius 3 is 2.90 bits per heavy atom. The van der Waals surface area contributed by atoms with E-state index in [2.05, 4.69) is 35.3 Å². The van der Waals surface area contributed by atoms with Gasteiger partial charge in [-0.2, -0.15) is 15.4 Å². The second-order valence-electron chi connectivity index (χ2n) is 6.22. The van der Waals surface area contributed by atoms with Crippen molar-refractivity contribution in [1.29, 1.82) is 0 Å². The molecule has 0 fully saturated rings. The first-order valence-electron chi connectivity index (χ1n) is 7.79. The van der Waals surface area contributed by atoms with Gasteiger partial charge in [-0.05, 0) is 54.0 Å². The summed E-state index contributed by atoms with van der Waals surface area (Å²) in [5.41, 5.74) is 6.90. The quantitative estimate of drug-likeness (QED) is 0.917. The van der Waals surface area contributed by atoms with E-state index < -0.39 is 0 Å². The van der Waals surface area contributed by atoms with Crippen LogP contribution in [0.3, 0.4) is 0 Å².